The van der Waals surface area contributed by atoms with Crippen molar-refractivity contribution in [3.05, 3.63) is 30.1 Å². The summed E-state index contributed by atoms with van der Waals surface area (Å²) < 4.78 is 5.26. The lowest BCUT2D eigenvalue weighted by Crippen LogP contribution is -2.45. The molecule has 4 nitrogen and oxygen atoms in total. The van der Waals surface area contributed by atoms with Crippen molar-refractivity contribution in [1.29, 1.82) is 0 Å². The standard InChI is InChI=1S/C13H20N2O2/c1-11(12-2-6-14-7-3-12)15-10-13(16)4-8-17-9-5-13/h2-3,6-7,11,15-16H,4-5,8-10H2,1H3. The average Bonchev–Trinajstić information content (AvgIpc) is 2.38. The summed E-state index contributed by atoms with van der Waals surface area (Å²) in [6, 6.07) is 4.21. The number of hydrogen-bond donors (Lipinski definition) is 2. The van der Waals surface area contributed by atoms with Crippen LogP contribution in [0.3, 0.4) is 0 Å². The van der Waals surface area contributed by atoms with Crippen molar-refractivity contribution in [2.75, 3.05) is 19.8 Å². The Morgan fingerprint density at radius 1 is 1.41 bits per heavy atom. The van der Waals surface area contributed by atoms with Crippen molar-refractivity contribution in [3.63, 3.8) is 0 Å². The molecule has 2 heterocycles. The van der Waals surface area contributed by atoms with E-state index in [1.54, 1.807) is 12.4 Å². The molecule has 17 heavy (non-hydrogen) atoms. The van der Waals surface area contributed by atoms with Gasteiger partial charge >= 0.3 is 0 Å². The van der Waals surface area contributed by atoms with E-state index >= 15 is 0 Å². The highest BCUT2D eigenvalue weighted by Crippen LogP contribution is 2.21. The topological polar surface area (TPSA) is 54.4 Å². The van der Waals surface area contributed by atoms with Gasteiger partial charge in [-0.25, -0.2) is 0 Å². The summed E-state index contributed by atoms with van der Waals surface area (Å²) in [5, 5.41) is 13.7. The van der Waals surface area contributed by atoms with Crippen LogP contribution < -0.4 is 5.32 Å². The van der Waals surface area contributed by atoms with Gasteiger partial charge in [-0.1, -0.05) is 0 Å². The zero-order valence-corrected chi connectivity index (χ0v) is 10.2. The quantitative estimate of drug-likeness (QED) is 0.826. The maximum absolute atomic E-state index is 10.3. The fourth-order valence-corrected chi connectivity index (χ4v) is 2.04. The smallest absolute Gasteiger partial charge is 0.0815 e. The zero-order valence-electron chi connectivity index (χ0n) is 10.2. The van der Waals surface area contributed by atoms with Crippen LogP contribution in [0, 0.1) is 0 Å². The van der Waals surface area contributed by atoms with E-state index in [2.05, 4.69) is 17.2 Å². The maximum atomic E-state index is 10.3. The highest BCUT2D eigenvalue weighted by atomic mass is 16.5. The Morgan fingerprint density at radius 3 is 2.71 bits per heavy atom. The number of pyridine rings is 1. The molecule has 94 valence electrons. The largest absolute Gasteiger partial charge is 0.388 e. The van der Waals surface area contributed by atoms with Crippen LogP contribution in [-0.4, -0.2) is 35.5 Å². The molecule has 1 aromatic rings. The number of aromatic nitrogens is 1. The van der Waals surface area contributed by atoms with Gasteiger partial charge in [-0.15, -0.1) is 0 Å². The first-order chi connectivity index (χ1) is 8.20. The minimum absolute atomic E-state index is 0.227. The number of aliphatic hydroxyl groups is 1. The molecule has 1 saturated heterocycles. The second-order valence-electron chi connectivity index (χ2n) is 4.72. The van der Waals surface area contributed by atoms with Crippen molar-refractivity contribution in [1.82, 2.24) is 10.3 Å². The van der Waals surface area contributed by atoms with Gasteiger partial charge in [0.15, 0.2) is 0 Å². The van der Waals surface area contributed by atoms with E-state index in [1.807, 2.05) is 12.1 Å². The summed E-state index contributed by atoms with van der Waals surface area (Å²) in [7, 11) is 0. The molecule has 1 fully saturated rings. The third-order valence-electron chi connectivity index (χ3n) is 3.37. The summed E-state index contributed by atoms with van der Waals surface area (Å²) in [5.41, 5.74) is 0.579. The molecule has 0 radical (unpaired) electrons. The van der Waals surface area contributed by atoms with Gasteiger partial charge in [-0.3, -0.25) is 4.98 Å². The van der Waals surface area contributed by atoms with Crippen molar-refractivity contribution >= 4 is 0 Å². The Morgan fingerprint density at radius 2 is 2.06 bits per heavy atom. The van der Waals surface area contributed by atoms with Crippen LogP contribution in [0.4, 0.5) is 0 Å². The third-order valence-corrected chi connectivity index (χ3v) is 3.37. The second-order valence-corrected chi connectivity index (χ2v) is 4.72. The van der Waals surface area contributed by atoms with Crippen LogP contribution in [0.1, 0.15) is 31.4 Å². The SMILES string of the molecule is CC(NCC1(O)CCOCC1)c1ccncc1. The Balaban J connectivity index is 1.85. The lowest BCUT2D eigenvalue weighted by atomic mass is 9.94. The molecule has 1 aromatic heterocycles. The first kappa shape index (κ1) is 12.5. The second kappa shape index (κ2) is 5.58. The Kier molecular flexibility index (Phi) is 4.10. The van der Waals surface area contributed by atoms with E-state index in [0.29, 0.717) is 32.6 Å². The molecule has 0 spiro atoms. The number of nitrogens with one attached hydrogen (secondary N) is 1. The molecule has 4 heteroatoms. The van der Waals surface area contributed by atoms with Gasteiger partial charge in [0.2, 0.25) is 0 Å². The molecular formula is C13H20N2O2. The van der Waals surface area contributed by atoms with Gasteiger partial charge in [-0.05, 0) is 24.6 Å². The minimum atomic E-state index is -0.612. The summed E-state index contributed by atoms with van der Waals surface area (Å²) >= 11 is 0. The van der Waals surface area contributed by atoms with Crippen molar-refractivity contribution in [3.8, 4) is 0 Å². The molecule has 1 aliphatic heterocycles. The molecule has 0 amide bonds. The lowest BCUT2D eigenvalue weighted by molar-refractivity contribution is -0.0626. The van der Waals surface area contributed by atoms with Gasteiger partial charge in [0.05, 0.1) is 5.60 Å². The van der Waals surface area contributed by atoms with Crippen LogP contribution in [0.25, 0.3) is 0 Å². The summed E-state index contributed by atoms with van der Waals surface area (Å²) in [6.07, 6.45) is 5.00. The molecule has 1 unspecified atom stereocenters. The number of rotatable bonds is 4. The summed E-state index contributed by atoms with van der Waals surface area (Å²) in [4.78, 5) is 4.00. The van der Waals surface area contributed by atoms with E-state index in [4.69, 9.17) is 4.74 Å². The highest BCUT2D eigenvalue weighted by Gasteiger charge is 2.29. The Bertz CT molecular complexity index is 337. The Labute approximate surface area is 102 Å². The third kappa shape index (κ3) is 3.49. The molecule has 0 bridgehead atoms. The van der Waals surface area contributed by atoms with E-state index in [1.165, 1.54) is 5.56 Å². The summed E-state index contributed by atoms with van der Waals surface area (Å²) in [5.74, 6) is 0. The zero-order chi connectivity index (χ0) is 12.1. The van der Waals surface area contributed by atoms with Gasteiger partial charge in [0.1, 0.15) is 0 Å². The van der Waals surface area contributed by atoms with E-state index < -0.39 is 5.60 Å². The van der Waals surface area contributed by atoms with Gasteiger partial charge in [0.25, 0.3) is 0 Å². The van der Waals surface area contributed by atoms with Gasteiger partial charge in [0, 0.05) is 51.0 Å². The molecule has 0 saturated carbocycles. The van der Waals surface area contributed by atoms with Crippen LogP contribution >= 0.6 is 0 Å². The fourth-order valence-electron chi connectivity index (χ4n) is 2.04. The first-order valence-electron chi connectivity index (χ1n) is 6.13. The predicted octanol–water partition coefficient (Wildman–Crippen LogP) is 1.27. The van der Waals surface area contributed by atoms with E-state index in [-0.39, 0.29) is 6.04 Å². The number of ether oxygens (including phenoxy) is 1. The van der Waals surface area contributed by atoms with E-state index in [9.17, 15) is 5.11 Å². The van der Waals surface area contributed by atoms with E-state index in [0.717, 1.165) is 0 Å². The average molecular weight is 236 g/mol. The van der Waals surface area contributed by atoms with Crippen LogP contribution in [-0.2, 0) is 4.74 Å². The molecular weight excluding hydrogens is 216 g/mol. The van der Waals surface area contributed by atoms with Crippen molar-refractivity contribution < 1.29 is 9.84 Å². The monoisotopic (exact) mass is 236 g/mol. The highest BCUT2D eigenvalue weighted by molar-refractivity contribution is 5.14. The molecule has 2 rings (SSSR count). The van der Waals surface area contributed by atoms with Crippen LogP contribution in [0.15, 0.2) is 24.5 Å². The van der Waals surface area contributed by atoms with Crippen LogP contribution in [0.2, 0.25) is 0 Å². The Hall–Kier alpha value is -0.970. The van der Waals surface area contributed by atoms with Gasteiger partial charge < -0.3 is 15.2 Å². The molecule has 1 atom stereocenters. The lowest BCUT2D eigenvalue weighted by Gasteiger charge is -2.33. The van der Waals surface area contributed by atoms with Crippen molar-refractivity contribution in [2.45, 2.75) is 31.4 Å². The molecule has 1 aliphatic rings. The molecule has 2 N–H and O–H groups in total. The molecule has 0 aliphatic carbocycles. The maximum Gasteiger partial charge on any atom is 0.0815 e. The van der Waals surface area contributed by atoms with Crippen LogP contribution in [0.5, 0.6) is 0 Å². The summed E-state index contributed by atoms with van der Waals surface area (Å²) in [6.45, 7) is 4.02. The number of nitrogens with zero attached hydrogens (tertiary/aromatic N) is 1. The first-order valence-corrected chi connectivity index (χ1v) is 6.13. The molecule has 0 aromatic carbocycles. The minimum Gasteiger partial charge on any atom is -0.388 e. The normalized spacial score (nSPS) is 21.1. The van der Waals surface area contributed by atoms with Crippen molar-refractivity contribution in [2.24, 2.45) is 0 Å². The predicted molar refractivity (Wildman–Crippen MR) is 65.7 cm³/mol. The number of hydrogen-bond acceptors (Lipinski definition) is 4. The fraction of sp³-hybridized carbons (Fsp3) is 0.615. The van der Waals surface area contributed by atoms with Gasteiger partial charge in [-0.2, -0.15) is 0 Å².